The smallest absolute Gasteiger partial charge is 0.305 e. The fraction of sp³-hybridized carbons (Fsp3) is 0.484. The molecule has 202 valence electrons. The van der Waals surface area contributed by atoms with Crippen molar-refractivity contribution < 1.29 is 14.6 Å². The van der Waals surface area contributed by atoms with Gasteiger partial charge in [0.2, 0.25) is 5.91 Å². The zero-order valence-corrected chi connectivity index (χ0v) is 23.1. The maximum Gasteiger partial charge on any atom is 0.305 e. The summed E-state index contributed by atoms with van der Waals surface area (Å²) in [5.74, 6) is 2.03. The number of amides is 1. The fourth-order valence-electron chi connectivity index (χ4n) is 6.21. The van der Waals surface area contributed by atoms with E-state index in [1.54, 1.807) is 13.3 Å². The molecule has 6 nitrogen and oxygen atoms in total. The van der Waals surface area contributed by atoms with Gasteiger partial charge >= 0.3 is 4.87 Å². The molecule has 7 heteroatoms. The highest BCUT2D eigenvalue weighted by molar-refractivity contribution is 7.12. The summed E-state index contributed by atoms with van der Waals surface area (Å²) in [6, 6.07) is 14.6. The molecule has 2 aliphatic carbocycles. The Hall–Kier alpha value is -2.90. The van der Waals surface area contributed by atoms with Gasteiger partial charge < -0.3 is 19.7 Å². The summed E-state index contributed by atoms with van der Waals surface area (Å²) in [7, 11) is 1.71. The van der Waals surface area contributed by atoms with Crippen molar-refractivity contribution in [2.75, 3.05) is 18.6 Å². The molecular weight excluding hydrogens is 496 g/mol. The molecule has 0 atom stereocenters. The lowest BCUT2D eigenvalue weighted by atomic mass is 9.78. The number of aryl methyl sites for hydroxylation is 1. The molecule has 0 saturated heterocycles. The number of carbonyl (C=O) groups is 1. The first-order valence-electron chi connectivity index (χ1n) is 13.8. The van der Waals surface area contributed by atoms with E-state index in [4.69, 9.17) is 4.74 Å². The number of aliphatic hydroxyl groups excluding tert-OH is 1. The Labute approximate surface area is 228 Å². The van der Waals surface area contributed by atoms with Gasteiger partial charge in [0.1, 0.15) is 5.75 Å². The number of rotatable bonds is 7. The third-order valence-corrected chi connectivity index (χ3v) is 9.33. The van der Waals surface area contributed by atoms with Crippen molar-refractivity contribution in [1.29, 1.82) is 0 Å². The van der Waals surface area contributed by atoms with Crippen LogP contribution in [0.3, 0.4) is 0 Å². The Bertz CT molecular complexity index is 1300. The molecule has 0 bridgehead atoms. The molecule has 0 unspecified atom stereocenters. The molecule has 3 aromatic rings. The van der Waals surface area contributed by atoms with Crippen LogP contribution < -0.4 is 14.5 Å². The van der Waals surface area contributed by atoms with E-state index in [-0.39, 0.29) is 22.8 Å². The largest absolute Gasteiger partial charge is 0.496 e. The van der Waals surface area contributed by atoms with Crippen LogP contribution in [0.2, 0.25) is 0 Å². The van der Waals surface area contributed by atoms with Gasteiger partial charge in [-0.25, -0.2) is 0 Å². The zero-order chi connectivity index (χ0) is 26.6. The van der Waals surface area contributed by atoms with Crippen molar-refractivity contribution in [3.63, 3.8) is 0 Å². The van der Waals surface area contributed by atoms with Gasteiger partial charge in [0.05, 0.1) is 18.1 Å². The van der Waals surface area contributed by atoms with E-state index < -0.39 is 0 Å². The van der Waals surface area contributed by atoms with Gasteiger partial charge in [-0.3, -0.25) is 9.59 Å². The number of thiazole rings is 1. The van der Waals surface area contributed by atoms with Gasteiger partial charge in [0.25, 0.3) is 0 Å². The van der Waals surface area contributed by atoms with Gasteiger partial charge in [-0.05, 0) is 105 Å². The molecule has 1 aromatic heterocycles. The molecule has 38 heavy (non-hydrogen) atoms. The lowest BCUT2D eigenvalue weighted by molar-refractivity contribution is -0.124. The number of aromatic nitrogens is 1. The Morgan fingerprint density at radius 2 is 1.82 bits per heavy atom. The van der Waals surface area contributed by atoms with E-state index in [1.165, 1.54) is 22.5 Å². The Morgan fingerprint density at radius 1 is 1.05 bits per heavy atom. The maximum atomic E-state index is 13.9. The molecule has 0 spiro atoms. The van der Waals surface area contributed by atoms with Crippen LogP contribution >= 0.6 is 11.3 Å². The highest BCUT2D eigenvalue weighted by Gasteiger charge is 2.32. The normalized spacial score (nSPS) is 23.7. The van der Waals surface area contributed by atoms with Crippen molar-refractivity contribution in [3.8, 4) is 16.2 Å². The quantitative estimate of drug-likeness (QED) is 0.374. The Morgan fingerprint density at radius 3 is 2.47 bits per heavy atom. The van der Waals surface area contributed by atoms with Gasteiger partial charge in [-0.15, -0.1) is 0 Å². The Balaban J connectivity index is 1.33. The van der Waals surface area contributed by atoms with E-state index in [0.717, 1.165) is 60.4 Å². The van der Waals surface area contributed by atoms with E-state index in [9.17, 15) is 14.7 Å². The molecule has 2 fully saturated rings. The second-order valence-electron chi connectivity index (χ2n) is 11.0. The number of H-pyrrole nitrogens is 1. The van der Waals surface area contributed by atoms with Crippen LogP contribution in [0.5, 0.6) is 5.75 Å². The predicted octanol–water partition coefficient (Wildman–Crippen LogP) is 6.28. The molecule has 2 N–H and O–H groups in total. The second-order valence-corrected chi connectivity index (χ2v) is 12.0. The van der Waals surface area contributed by atoms with Crippen molar-refractivity contribution in [2.45, 2.75) is 70.3 Å². The lowest BCUT2D eigenvalue weighted by Crippen LogP contribution is -2.41. The highest BCUT2D eigenvalue weighted by Crippen LogP contribution is 2.39. The average molecular weight is 535 g/mol. The van der Waals surface area contributed by atoms with Gasteiger partial charge in [-0.2, -0.15) is 0 Å². The molecule has 5 rings (SSSR count). The minimum atomic E-state index is -0.288. The lowest BCUT2D eigenvalue weighted by Gasteiger charge is -2.36. The highest BCUT2D eigenvalue weighted by atomic mass is 32.1. The van der Waals surface area contributed by atoms with Gasteiger partial charge in [-0.1, -0.05) is 35.6 Å². The average Bonchev–Trinajstić information content (AvgIpc) is 3.38. The topological polar surface area (TPSA) is 82.6 Å². The summed E-state index contributed by atoms with van der Waals surface area (Å²) in [6.07, 6.45) is 8.70. The molecular formula is C31H38N2O4S. The number of hydrogen-bond donors (Lipinski definition) is 2. The summed E-state index contributed by atoms with van der Waals surface area (Å²) in [5.41, 5.74) is 4.40. The van der Waals surface area contributed by atoms with Crippen LogP contribution in [0.1, 0.15) is 68.4 Å². The number of benzene rings is 2. The first-order valence-corrected chi connectivity index (χ1v) is 14.7. The van der Waals surface area contributed by atoms with Crippen LogP contribution in [0.4, 0.5) is 5.69 Å². The number of aliphatic hydroxyl groups is 1. The molecule has 2 saturated carbocycles. The number of nitrogens with zero attached hydrogens (tertiary/aromatic N) is 1. The minimum Gasteiger partial charge on any atom is -0.496 e. The van der Waals surface area contributed by atoms with Crippen LogP contribution in [0.25, 0.3) is 10.4 Å². The number of nitrogens with one attached hydrogen (secondary N) is 1. The monoisotopic (exact) mass is 534 g/mol. The number of carbonyl (C=O) groups excluding carboxylic acids is 1. The van der Waals surface area contributed by atoms with Crippen molar-refractivity contribution >= 4 is 22.9 Å². The third kappa shape index (κ3) is 6.05. The SMILES string of the molecule is COc1ccc(C2CCC(CN(C(=O)C3CCC(O)CC3)c3cccc(-c4c[nH]c(=O)s4)c3)CC2)cc1C. The first-order chi connectivity index (χ1) is 18.4. The number of methoxy groups -OCH3 is 1. The van der Waals surface area contributed by atoms with Crippen LogP contribution in [0.15, 0.2) is 53.5 Å². The number of aromatic amines is 1. The van der Waals surface area contributed by atoms with E-state index in [2.05, 4.69) is 30.1 Å². The van der Waals surface area contributed by atoms with E-state index >= 15 is 0 Å². The maximum absolute atomic E-state index is 13.9. The minimum absolute atomic E-state index is 0.0519. The molecule has 0 aliphatic heterocycles. The van der Waals surface area contributed by atoms with E-state index in [1.807, 2.05) is 29.2 Å². The first kappa shape index (κ1) is 26.7. The summed E-state index contributed by atoms with van der Waals surface area (Å²) in [6.45, 7) is 2.81. The summed E-state index contributed by atoms with van der Waals surface area (Å²) >= 11 is 1.18. The van der Waals surface area contributed by atoms with Crippen molar-refractivity contribution in [3.05, 3.63) is 69.5 Å². The van der Waals surface area contributed by atoms with Gasteiger partial charge in [0, 0.05) is 24.3 Å². The molecule has 1 amide bonds. The number of hydrogen-bond acceptors (Lipinski definition) is 5. The predicted molar refractivity (Wildman–Crippen MR) is 153 cm³/mol. The van der Waals surface area contributed by atoms with Gasteiger partial charge in [0.15, 0.2) is 0 Å². The van der Waals surface area contributed by atoms with Crippen molar-refractivity contribution in [2.24, 2.45) is 11.8 Å². The van der Waals surface area contributed by atoms with Crippen LogP contribution in [-0.4, -0.2) is 35.8 Å². The number of ether oxygens (including phenoxy) is 1. The summed E-state index contributed by atoms with van der Waals surface area (Å²) < 4.78 is 5.44. The zero-order valence-electron chi connectivity index (χ0n) is 22.3. The second kappa shape index (κ2) is 11.9. The van der Waals surface area contributed by atoms with Crippen molar-refractivity contribution in [1.82, 2.24) is 4.98 Å². The van der Waals surface area contributed by atoms with Crippen LogP contribution in [-0.2, 0) is 4.79 Å². The molecule has 2 aromatic carbocycles. The standard InChI is InChI=1S/C31H38N2O4S/c1-20-16-24(12-15-28(20)37-2)22-8-6-21(7-9-22)19-33(30(35)23-10-13-27(34)14-11-23)26-5-3-4-25(17-26)29-18-32-31(36)38-29/h3-5,12,15-18,21-23,27,34H,6-11,13-14,19H2,1-2H3,(H,32,36). The number of anilines is 1. The molecule has 1 heterocycles. The third-order valence-electron chi connectivity index (χ3n) is 8.46. The van der Waals surface area contributed by atoms with Crippen LogP contribution in [0, 0.1) is 18.8 Å². The summed E-state index contributed by atoms with van der Waals surface area (Å²) in [4.78, 5) is 31.2. The molecule has 0 radical (unpaired) electrons. The fourth-order valence-corrected chi connectivity index (χ4v) is 6.89. The Kier molecular flexibility index (Phi) is 8.34. The summed E-state index contributed by atoms with van der Waals surface area (Å²) in [5, 5.41) is 10.00. The van der Waals surface area contributed by atoms with E-state index in [0.29, 0.717) is 31.2 Å². The molecule has 2 aliphatic rings.